The van der Waals surface area contributed by atoms with Gasteiger partial charge in [0.25, 0.3) is 5.91 Å². The fraction of sp³-hybridized carbons (Fsp3) is 0.333. The van der Waals surface area contributed by atoms with E-state index < -0.39 is 0 Å². The number of rotatable bonds is 8. The van der Waals surface area contributed by atoms with Crippen molar-refractivity contribution in [2.45, 2.75) is 45.6 Å². The molecule has 26 heavy (non-hydrogen) atoms. The van der Waals surface area contributed by atoms with E-state index in [1.54, 1.807) is 17.6 Å². The average molecular weight is 370 g/mol. The largest absolute Gasteiger partial charge is 0.348 e. The fourth-order valence-corrected chi connectivity index (χ4v) is 3.70. The monoisotopic (exact) mass is 370 g/mol. The quantitative estimate of drug-likeness (QED) is 0.533. The molecule has 0 atom stereocenters. The summed E-state index contributed by atoms with van der Waals surface area (Å²) in [4.78, 5) is 16.6. The molecule has 0 saturated carbocycles. The first kappa shape index (κ1) is 18.5. The van der Waals surface area contributed by atoms with Crippen LogP contribution in [-0.2, 0) is 13.0 Å². The SMILES string of the molecule is CCCCCCc1cccc(CNC(=O)c2ccc3ncsc3c2)c1F. The van der Waals surface area contributed by atoms with Crippen LogP contribution in [0.5, 0.6) is 0 Å². The molecule has 0 saturated heterocycles. The highest BCUT2D eigenvalue weighted by atomic mass is 32.1. The summed E-state index contributed by atoms with van der Waals surface area (Å²) in [7, 11) is 0. The number of unbranched alkanes of at least 4 members (excludes halogenated alkanes) is 3. The van der Waals surface area contributed by atoms with Crippen molar-refractivity contribution >= 4 is 27.5 Å². The van der Waals surface area contributed by atoms with Gasteiger partial charge in [0.15, 0.2) is 0 Å². The van der Waals surface area contributed by atoms with Gasteiger partial charge in [0.2, 0.25) is 0 Å². The van der Waals surface area contributed by atoms with Gasteiger partial charge in [0.1, 0.15) is 5.82 Å². The molecule has 0 aliphatic rings. The van der Waals surface area contributed by atoms with Crippen LogP contribution >= 0.6 is 11.3 Å². The van der Waals surface area contributed by atoms with E-state index >= 15 is 0 Å². The van der Waals surface area contributed by atoms with Crippen LogP contribution in [0.1, 0.15) is 54.1 Å². The van der Waals surface area contributed by atoms with Gasteiger partial charge in [-0.3, -0.25) is 4.79 Å². The van der Waals surface area contributed by atoms with Gasteiger partial charge in [0.05, 0.1) is 15.7 Å². The standard InChI is InChI=1S/C21H23FN2OS/c1-2-3-4-5-7-15-8-6-9-17(20(15)22)13-23-21(25)16-10-11-18-19(12-16)26-14-24-18/h6,8-12,14H,2-5,7,13H2,1H3,(H,23,25). The summed E-state index contributed by atoms with van der Waals surface area (Å²) in [6.45, 7) is 2.35. The van der Waals surface area contributed by atoms with Gasteiger partial charge in [-0.05, 0) is 36.6 Å². The molecular weight excluding hydrogens is 347 g/mol. The van der Waals surface area contributed by atoms with Crippen LogP contribution in [0.2, 0.25) is 0 Å². The molecule has 0 bridgehead atoms. The molecule has 0 radical (unpaired) electrons. The Morgan fingerprint density at radius 3 is 2.85 bits per heavy atom. The Labute approximate surface area is 157 Å². The maximum absolute atomic E-state index is 14.6. The van der Waals surface area contributed by atoms with E-state index in [1.165, 1.54) is 24.2 Å². The summed E-state index contributed by atoms with van der Waals surface area (Å²) < 4.78 is 15.6. The van der Waals surface area contributed by atoms with Crippen molar-refractivity contribution in [3.05, 3.63) is 64.4 Å². The third kappa shape index (κ3) is 4.47. The van der Waals surface area contributed by atoms with Crippen molar-refractivity contribution in [1.82, 2.24) is 10.3 Å². The Bertz CT molecular complexity index is 891. The van der Waals surface area contributed by atoms with E-state index in [9.17, 15) is 9.18 Å². The predicted molar refractivity (Wildman–Crippen MR) is 105 cm³/mol. The number of nitrogens with one attached hydrogen (secondary N) is 1. The summed E-state index contributed by atoms with van der Waals surface area (Å²) in [5.74, 6) is -0.393. The number of hydrogen-bond donors (Lipinski definition) is 1. The first-order valence-electron chi connectivity index (χ1n) is 9.06. The van der Waals surface area contributed by atoms with Crippen LogP contribution in [0.15, 0.2) is 41.9 Å². The van der Waals surface area contributed by atoms with Crippen LogP contribution in [-0.4, -0.2) is 10.9 Å². The third-order valence-corrected chi connectivity index (χ3v) is 5.28. The van der Waals surface area contributed by atoms with Crippen molar-refractivity contribution < 1.29 is 9.18 Å². The van der Waals surface area contributed by atoms with Crippen LogP contribution in [0.3, 0.4) is 0 Å². The zero-order chi connectivity index (χ0) is 18.4. The Morgan fingerprint density at radius 1 is 1.15 bits per heavy atom. The number of halogens is 1. The second kappa shape index (κ2) is 8.90. The number of thiazole rings is 1. The summed E-state index contributed by atoms with van der Waals surface area (Å²) >= 11 is 1.50. The van der Waals surface area contributed by atoms with Crippen molar-refractivity contribution in [3.63, 3.8) is 0 Å². The Hall–Kier alpha value is -2.27. The van der Waals surface area contributed by atoms with Crippen LogP contribution in [0.25, 0.3) is 10.2 Å². The van der Waals surface area contributed by atoms with Gasteiger partial charge in [-0.15, -0.1) is 11.3 Å². The predicted octanol–water partition coefficient (Wildman–Crippen LogP) is 5.49. The summed E-state index contributed by atoms with van der Waals surface area (Å²) in [6.07, 6.45) is 5.21. The van der Waals surface area contributed by atoms with E-state index in [1.807, 2.05) is 24.3 Å². The molecule has 2 aromatic carbocycles. The molecule has 0 fully saturated rings. The minimum atomic E-state index is -0.201. The Morgan fingerprint density at radius 2 is 2.00 bits per heavy atom. The number of nitrogens with zero attached hydrogens (tertiary/aromatic N) is 1. The van der Waals surface area contributed by atoms with Crippen LogP contribution < -0.4 is 5.32 Å². The molecule has 3 nitrogen and oxygen atoms in total. The second-order valence-electron chi connectivity index (χ2n) is 6.42. The van der Waals surface area contributed by atoms with Gasteiger partial charge in [-0.2, -0.15) is 0 Å². The van der Waals surface area contributed by atoms with Crippen LogP contribution in [0.4, 0.5) is 4.39 Å². The zero-order valence-corrected chi connectivity index (χ0v) is 15.7. The van der Waals surface area contributed by atoms with Gasteiger partial charge in [-0.1, -0.05) is 44.4 Å². The minimum absolute atomic E-state index is 0.189. The van der Waals surface area contributed by atoms with Gasteiger partial charge in [0, 0.05) is 17.7 Å². The number of hydrogen-bond acceptors (Lipinski definition) is 3. The molecule has 3 aromatic rings. The lowest BCUT2D eigenvalue weighted by atomic mass is 10.0. The molecule has 1 aromatic heterocycles. The number of benzene rings is 2. The van der Waals surface area contributed by atoms with Gasteiger partial charge >= 0.3 is 0 Å². The average Bonchev–Trinajstić information content (AvgIpc) is 3.13. The minimum Gasteiger partial charge on any atom is -0.348 e. The van der Waals surface area contributed by atoms with Gasteiger partial charge < -0.3 is 5.32 Å². The maximum Gasteiger partial charge on any atom is 0.251 e. The smallest absolute Gasteiger partial charge is 0.251 e. The molecule has 1 heterocycles. The number of carbonyl (C=O) groups is 1. The zero-order valence-electron chi connectivity index (χ0n) is 14.9. The number of aryl methyl sites for hydroxylation is 1. The van der Waals surface area contributed by atoms with Gasteiger partial charge in [-0.25, -0.2) is 9.37 Å². The van der Waals surface area contributed by atoms with E-state index in [0.717, 1.165) is 35.0 Å². The molecular formula is C21H23FN2OS. The van der Waals surface area contributed by atoms with E-state index in [0.29, 0.717) is 11.1 Å². The molecule has 5 heteroatoms. The summed E-state index contributed by atoms with van der Waals surface area (Å²) in [5.41, 5.74) is 4.48. The molecule has 0 unspecified atom stereocenters. The lowest BCUT2D eigenvalue weighted by molar-refractivity contribution is 0.0950. The third-order valence-electron chi connectivity index (χ3n) is 4.49. The van der Waals surface area contributed by atoms with Crippen molar-refractivity contribution in [3.8, 4) is 0 Å². The van der Waals surface area contributed by atoms with Crippen molar-refractivity contribution in [2.75, 3.05) is 0 Å². The fourth-order valence-electron chi connectivity index (χ4n) is 2.98. The molecule has 0 spiro atoms. The van der Waals surface area contributed by atoms with E-state index in [4.69, 9.17) is 0 Å². The molecule has 0 aliphatic carbocycles. The highest BCUT2D eigenvalue weighted by molar-refractivity contribution is 7.16. The molecule has 1 amide bonds. The first-order valence-corrected chi connectivity index (χ1v) is 9.94. The summed E-state index contributed by atoms with van der Waals surface area (Å²) in [5, 5.41) is 2.82. The maximum atomic E-state index is 14.6. The lowest BCUT2D eigenvalue weighted by Gasteiger charge is -2.10. The first-order chi connectivity index (χ1) is 12.7. The highest BCUT2D eigenvalue weighted by Gasteiger charge is 2.11. The number of fused-ring (bicyclic) bond motifs is 1. The van der Waals surface area contributed by atoms with Crippen molar-refractivity contribution in [1.29, 1.82) is 0 Å². The molecule has 3 rings (SSSR count). The second-order valence-corrected chi connectivity index (χ2v) is 7.30. The lowest BCUT2D eigenvalue weighted by Crippen LogP contribution is -2.23. The molecule has 0 aliphatic heterocycles. The Kier molecular flexibility index (Phi) is 6.34. The number of aromatic nitrogens is 1. The number of carbonyl (C=O) groups excluding carboxylic acids is 1. The normalized spacial score (nSPS) is 11.0. The van der Waals surface area contributed by atoms with Crippen LogP contribution in [0, 0.1) is 5.82 Å². The topological polar surface area (TPSA) is 42.0 Å². The summed E-state index contributed by atoms with van der Waals surface area (Å²) in [6, 6.07) is 10.8. The number of amides is 1. The Balaban J connectivity index is 1.62. The highest BCUT2D eigenvalue weighted by Crippen LogP contribution is 2.20. The van der Waals surface area contributed by atoms with Crippen molar-refractivity contribution in [2.24, 2.45) is 0 Å². The molecule has 136 valence electrons. The van der Waals surface area contributed by atoms with E-state index in [-0.39, 0.29) is 18.3 Å². The van der Waals surface area contributed by atoms with E-state index in [2.05, 4.69) is 17.2 Å². The molecule has 1 N–H and O–H groups in total.